The smallest absolute Gasteiger partial charge is 0.304 e. The van der Waals surface area contributed by atoms with E-state index in [9.17, 15) is 10.1 Å². The Balaban J connectivity index is 2.84. The molecule has 0 saturated heterocycles. The van der Waals surface area contributed by atoms with Gasteiger partial charge in [0, 0.05) is 6.54 Å². The number of hydrogen-bond acceptors (Lipinski definition) is 4. The Bertz CT molecular complexity index is 494. The summed E-state index contributed by atoms with van der Waals surface area (Å²) >= 11 is 0. The lowest BCUT2D eigenvalue weighted by Gasteiger charge is -2.22. The van der Waals surface area contributed by atoms with Crippen LogP contribution in [0, 0.1) is 11.3 Å². The number of nitrogens with zero attached hydrogens (tertiary/aromatic N) is 2. The average Bonchev–Trinajstić information content (AvgIpc) is 2.37. The first-order valence-corrected chi connectivity index (χ1v) is 6.52. The predicted octanol–water partition coefficient (Wildman–Crippen LogP) is 2.44. The molecule has 1 N–H and O–H groups in total. The summed E-state index contributed by atoms with van der Waals surface area (Å²) in [5.41, 5.74) is 0.804. The van der Waals surface area contributed by atoms with E-state index >= 15 is 0 Å². The Labute approximate surface area is 119 Å². The second-order valence-electron chi connectivity index (χ2n) is 4.90. The summed E-state index contributed by atoms with van der Waals surface area (Å²) in [6, 6.07) is 9.07. The highest BCUT2D eigenvalue weighted by Gasteiger charge is 2.17. The minimum atomic E-state index is -0.870. The molecule has 1 unspecified atom stereocenters. The highest BCUT2D eigenvalue weighted by atomic mass is 16.5. The van der Waals surface area contributed by atoms with E-state index in [4.69, 9.17) is 9.84 Å². The van der Waals surface area contributed by atoms with Crippen LogP contribution >= 0.6 is 0 Å². The first-order valence-electron chi connectivity index (χ1n) is 6.52. The zero-order valence-corrected chi connectivity index (χ0v) is 12.0. The maximum atomic E-state index is 10.6. The predicted molar refractivity (Wildman–Crippen MR) is 75.4 cm³/mol. The Kier molecular flexibility index (Phi) is 6.01. The van der Waals surface area contributed by atoms with Gasteiger partial charge in [-0.25, -0.2) is 0 Å². The first-order chi connectivity index (χ1) is 9.43. The van der Waals surface area contributed by atoms with Crippen molar-refractivity contribution >= 4 is 5.97 Å². The first kappa shape index (κ1) is 16.0. The third-order valence-electron chi connectivity index (χ3n) is 2.79. The molecular weight excluding hydrogens is 256 g/mol. The Hall–Kier alpha value is -2.06. The highest BCUT2D eigenvalue weighted by molar-refractivity contribution is 5.66. The van der Waals surface area contributed by atoms with Crippen molar-refractivity contribution in [3.63, 3.8) is 0 Å². The molecule has 0 aromatic heterocycles. The summed E-state index contributed by atoms with van der Waals surface area (Å²) in [5, 5.41) is 18.0. The summed E-state index contributed by atoms with van der Waals surface area (Å²) < 4.78 is 5.61. The monoisotopic (exact) mass is 276 g/mol. The van der Waals surface area contributed by atoms with Gasteiger partial charge in [-0.3, -0.25) is 9.69 Å². The van der Waals surface area contributed by atoms with Crippen molar-refractivity contribution in [2.24, 2.45) is 0 Å². The molecule has 1 atom stereocenters. The molecule has 0 saturated carbocycles. The molecule has 0 radical (unpaired) electrons. The molecule has 0 aliphatic rings. The van der Waals surface area contributed by atoms with Crippen LogP contribution in [0.4, 0.5) is 0 Å². The van der Waals surface area contributed by atoms with Crippen LogP contribution in [0.1, 0.15) is 31.9 Å². The lowest BCUT2D eigenvalue weighted by Crippen LogP contribution is -2.26. The van der Waals surface area contributed by atoms with Crippen molar-refractivity contribution in [1.29, 1.82) is 5.26 Å². The second kappa shape index (κ2) is 7.51. The summed E-state index contributed by atoms with van der Waals surface area (Å²) in [6.45, 7) is 4.20. The Morgan fingerprint density at radius 1 is 1.50 bits per heavy atom. The molecule has 0 spiro atoms. The van der Waals surface area contributed by atoms with E-state index in [1.165, 1.54) is 0 Å². The van der Waals surface area contributed by atoms with Crippen LogP contribution in [-0.4, -0.2) is 35.7 Å². The van der Waals surface area contributed by atoms with E-state index in [0.29, 0.717) is 12.3 Å². The molecule has 1 aromatic rings. The summed E-state index contributed by atoms with van der Waals surface area (Å²) in [5.74, 6) is -0.158. The molecule has 0 fully saturated rings. The topological polar surface area (TPSA) is 73.6 Å². The maximum absolute atomic E-state index is 10.6. The van der Waals surface area contributed by atoms with Gasteiger partial charge in [0.1, 0.15) is 11.8 Å². The zero-order valence-electron chi connectivity index (χ0n) is 12.0. The van der Waals surface area contributed by atoms with E-state index in [2.05, 4.69) is 6.07 Å². The molecule has 20 heavy (non-hydrogen) atoms. The molecule has 1 aromatic carbocycles. The number of carbonyl (C=O) groups is 1. The number of nitriles is 1. The van der Waals surface area contributed by atoms with Crippen LogP contribution in [0.25, 0.3) is 0 Å². The van der Waals surface area contributed by atoms with Crippen LogP contribution in [0.15, 0.2) is 24.3 Å². The van der Waals surface area contributed by atoms with Gasteiger partial charge in [0.2, 0.25) is 0 Å². The third kappa shape index (κ3) is 4.90. The molecule has 0 amide bonds. The van der Waals surface area contributed by atoms with Crippen LogP contribution in [-0.2, 0) is 4.79 Å². The van der Waals surface area contributed by atoms with Gasteiger partial charge in [0.15, 0.2) is 0 Å². The van der Waals surface area contributed by atoms with Gasteiger partial charge in [-0.1, -0.05) is 12.1 Å². The second-order valence-corrected chi connectivity index (χ2v) is 4.90. The number of hydrogen-bond donors (Lipinski definition) is 1. The van der Waals surface area contributed by atoms with E-state index in [1.54, 1.807) is 11.9 Å². The minimum absolute atomic E-state index is 0.0108. The molecule has 5 heteroatoms. The van der Waals surface area contributed by atoms with Crippen LogP contribution in [0.3, 0.4) is 0 Å². The molecule has 5 nitrogen and oxygen atoms in total. The number of benzene rings is 1. The molecular formula is C15H20N2O3. The van der Waals surface area contributed by atoms with Crippen molar-refractivity contribution in [2.75, 3.05) is 13.6 Å². The van der Waals surface area contributed by atoms with Crippen molar-refractivity contribution in [3.8, 4) is 11.8 Å². The molecule has 0 aliphatic heterocycles. The van der Waals surface area contributed by atoms with Crippen LogP contribution in [0.5, 0.6) is 5.75 Å². The molecule has 1 rings (SSSR count). The summed E-state index contributed by atoms with van der Waals surface area (Å²) in [4.78, 5) is 12.3. The van der Waals surface area contributed by atoms with Gasteiger partial charge in [0.05, 0.1) is 18.6 Å². The van der Waals surface area contributed by atoms with E-state index < -0.39 is 12.0 Å². The fourth-order valence-corrected chi connectivity index (χ4v) is 1.86. The van der Waals surface area contributed by atoms with Crippen LogP contribution in [0.2, 0.25) is 0 Å². The van der Waals surface area contributed by atoms with E-state index in [-0.39, 0.29) is 12.5 Å². The number of aliphatic carboxylic acids is 1. The lowest BCUT2D eigenvalue weighted by atomic mass is 10.1. The molecule has 108 valence electrons. The van der Waals surface area contributed by atoms with E-state index in [1.807, 2.05) is 38.1 Å². The lowest BCUT2D eigenvalue weighted by molar-refractivity contribution is -0.137. The molecule has 0 aliphatic carbocycles. The van der Waals surface area contributed by atoms with Crippen molar-refractivity contribution in [3.05, 3.63) is 29.8 Å². The fraction of sp³-hybridized carbons (Fsp3) is 0.467. The van der Waals surface area contributed by atoms with E-state index in [0.717, 1.165) is 5.56 Å². The Morgan fingerprint density at radius 3 is 2.75 bits per heavy atom. The minimum Gasteiger partial charge on any atom is -0.491 e. The molecule has 0 heterocycles. The van der Waals surface area contributed by atoms with Gasteiger partial charge in [-0.2, -0.15) is 5.26 Å². The van der Waals surface area contributed by atoms with Gasteiger partial charge in [0.25, 0.3) is 0 Å². The van der Waals surface area contributed by atoms with Gasteiger partial charge in [-0.05, 0) is 38.6 Å². The molecule has 0 bridgehead atoms. The fourth-order valence-electron chi connectivity index (χ4n) is 1.86. The highest BCUT2D eigenvalue weighted by Crippen LogP contribution is 2.23. The number of carboxylic acids is 1. The number of ether oxygens (including phenoxy) is 1. The van der Waals surface area contributed by atoms with Crippen LogP contribution < -0.4 is 4.74 Å². The average molecular weight is 276 g/mol. The largest absolute Gasteiger partial charge is 0.491 e. The standard InChI is InChI=1S/C15H20N2O3/c1-11(2)20-13-6-4-5-12(9-13)14(10-16)17(3)8-7-15(18)19/h4-6,9,11,14H,7-8H2,1-3H3,(H,18,19). The maximum Gasteiger partial charge on any atom is 0.304 e. The zero-order chi connectivity index (χ0) is 15.1. The normalized spacial score (nSPS) is 12.2. The SMILES string of the molecule is CC(C)Oc1cccc(C(C#N)N(C)CCC(=O)O)c1. The number of carboxylic acid groups (broad SMARTS) is 1. The van der Waals surface area contributed by atoms with Gasteiger partial charge < -0.3 is 9.84 Å². The van der Waals surface area contributed by atoms with Crippen molar-refractivity contribution in [2.45, 2.75) is 32.4 Å². The van der Waals surface area contributed by atoms with Gasteiger partial charge in [-0.15, -0.1) is 0 Å². The van der Waals surface area contributed by atoms with Crippen molar-refractivity contribution in [1.82, 2.24) is 4.90 Å². The number of rotatable bonds is 7. The summed E-state index contributed by atoms with van der Waals surface area (Å²) in [7, 11) is 1.74. The Morgan fingerprint density at radius 2 is 2.20 bits per heavy atom. The summed E-state index contributed by atoms with van der Waals surface area (Å²) in [6.07, 6.45) is 0.0761. The van der Waals surface area contributed by atoms with Gasteiger partial charge >= 0.3 is 5.97 Å². The quantitative estimate of drug-likeness (QED) is 0.828. The van der Waals surface area contributed by atoms with Crippen molar-refractivity contribution < 1.29 is 14.6 Å². The third-order valence-corrected chi connectivity index (χ3v) is 2.79.